The largest absolute Gasteiger partial charge is 0.399 e. The Balaban J connectivity index is 1.95. The third-order valence-electron chi connectivity index (χ3n) is 3.80. The highest BCUT2D eigenvalue weighted by Gasteiger charge is 2.23. The van der Waals surface area contributed by atoms with Gasteiger partial charge in [0.2, 0.25) is 0 Å². The fourth-order valence-corrected chi connectivity index (χ4v) is 2.66. The first-order valence-corrected chi connectivity index (χ1v) is 6.50. The van der Waals surface area contributed by atoms with E-state index in [4.69, 9.17) is 11.5 Å². The zero-order valence-corrected chi connectivity index (χ0v) is 10.8. The Morgan fingerprint density at radius 1 is 1.28 bits per heavy atom. The van der Waals surface area contributed by atoms with Crippen LogP contribution in [0.25, 0.3) is 0 Å². The molecule has 2 unspecified atom stereocenters. The Bertz CT molecular complexity index is 424. The van der Waals surface area contributed by atoms with Gasteiger partial charge in [0.15, 0.2) is 0 Å². The van der Waals surface area contributed by atoms with Gasteiger partial charge in [-0.2, -0.15) is 0 Å². The van der Waals surface area contributed by atoms with Gasteiger partial charge in [0, 0.05) is 23.5 Å². The average molecular weight is 247 g/mol. The summed E-state index contributed by atoms with van der Waals surface area (Å²) in [5.74, 6) is 1.22. The highest BCUT2D eigenvalue weighted by atomic mass is 16.1. The molecule has 0 aliphatic heterocycles. The lowest BCUT2D eigenvalue weighted by atomic mass is 9.98. The van der Waals surface area contributed by atoms with Crippen LogP contribution in [0.3, 0.4) is 0 Å². The van der Waals surface area contributed by atoms with Gasteiger partial charge in [-0.1, -0.05) is 19.8 Å². The van der Waals surface area contributed by atoms with Crippen molar-refractivity contribution in [3.63, 3.8) is 0 Å². The van der Waals surface area contributed by atoms with Crippen molar-refractivity contribution < 1.29 is 4.79 Å². The smallest absolute Gasteiger partial charge is 0.251 e. The standard InChI is InChI=1S/C14H21N3O/c1-9-3-2-4-10(9)8-17-14(18)11-5-12(15)7-13(16)6-11/h5-7,9-10H,2-4,8,15-16H2,1H3,(H,17,18). The lowest BCUT2D eigenvalue weighted by Crippen LogP contribution is -2.30. The van der Waals surface area contributed by atoms with Crippen LogP contribution in [0.15, 0.2) is 18.2 Å². The molecule has 1 aliphatic rings. The van der Waals surface area contributed by atoms with Crippen LogP contribution in [0.5, 0.6) is 0 Å². The van der Waals surface area contributed by atoms with Crippen LogP contribution in [0.1, 0.15) is 36.5 Å². The fourth-order valence-electron chi connectivity index (χ4n) is 2.66. The minimum absolute atomic E-state index is 0.0897. The number of benzene rings is 1. The Hall–Kier alpha value is -1.71. The van der Waals surface area contributed by atoms with E-state index in [-0.39, 0.29) is 5.91 Å². The fraction of sp³-hybridized carbons (Fsp3) is 0.500. The van der Waals surface area contributed by atoms with Gasteiger partial charge in [0.05, 0.1) is 0 Å². The summed E-state index contributed by atoms with van der Waals surface area (Å²) in [5, 5.41) is 2.98. The monoisotopic (exact) mass is 247 g/mol. The molecule has 4 heteroatoms. The zero-order valence-electron chi connectivity index (χ0n) is 10.8. The number of nitrogens with two attached hydrogens (primary N) is 2. The van der Waals surface area contributed by atoms with Crippen molar-refractivity contribution in [3.05, 3.63) is 23.8 Å². The molecule has 0 radical (unpaired) electrons. The summed E-state index contributed by atoms with van der Waals surface area (Å²) in [5.41, 5.74) is 12.9. The quantitative estimate of drug-likeness (QED) is 0.715. The van der Waals surface area contributed by atoms with Crippen molar-refractivity contribution in [1.29, 1.82) is 0 Å². The van der Waals surface area contributed by atoms with Gasteiger partial charge in [-0.25, -0.2) is 0 Å². The van der Waals surface area contributed by atoms with Gasteiger partial charge in [0.1, 0.15) is 0 Å². The van der Waals surface area contributed by atoms with E-state index in [0.29, 0.717) is 28.8 Å². The summed E-state index contributed by atoms with van der Waals surface area (Å²) < 4.78 is 0. The maximum atomic E-state index is 12.0. The second-order valence-corrected chi connectivity index (χ2v) is 5.27. The molecule has 0 bridgehead atoms. The third-order valence-corrected chi connectivity index (χ3v) is 3.80. The molecule has 0 saturated heterocycles. The molecule has 1 aromatic carbocycles. The average Bonchev–Trinajstić information content (AvgIpc) is 2.70. The number of hydrogen-bond acceptors (Lipinski definition) is 3. The van der Waals surface area contributed by atoms with Crippen molar-refractivity contribution in [3.8, 4) is 0 Å². The maximum absolute atomic E-state index is 12.0. The number of hydrogen-bond donors (Lipinski definition) is 3. The Kier molecular flexibility index (Phi) is 3.75. The zero-order chi connectivity index (χ0) is 13.1. The van der Waals surface area contributed by atoms with E-state index >= 15 is 0 Å². The molecule has 0 aromatic heterocycles. The lowest BCUT2D eigenvalue weighted by Gasteiger charge is -2.16. The summed E-state index contributed by atoms with van der Waals surface area (Å²) in [4.78, 5) is 12.0. The predicted molar refractivity (Wildman–Crippen MR) is 74.1 cm³/mol. The van der Waals surface area contributed by atoms with Crippen molar-refractivity contribution in [2.75, 3.05) is 18.0 Å². The van der Waals surface area contributed by atoms with Crippen molar-refractivity contribution >= 4 is 17.3 Å². The number of rotatable bonds is 3. The van der Waals surface area contributed by atoms with Gasteiger partial charge >= 0.3 is 0 Å². The van der Waals surface area contributed by atoms with E-state index in [1.54, 1.807) is 18.2 Å². The van der Waals surface area contributed by atoms with Crippen LogP contribution in [0.4, 0.5) is 11.4 Å². The topological polar surface area (TPSA) is 81.1 Å². The van der Waals surface area contributed by atoms with Gasteiger partial charge in [-0.05, 0) is 36.5 Å². The van der Waals surface area contributed by atoms with E-state index in [2.05, 4.69) is 12.2 Å². The summed E-state index contributed by atoms with van der Waals surface area (Å²) in [6, 6.07) is 4.96. The van der Waals surface area contributed by atoms with Crippen molar-refractivity contribution in [2.24, 2.45) is 11.8 Å². The first-order chi connectivity index (χ1) is 8.56. The number of carbonyl (C=O) groups excluding carboxylic acids is 1. The molecule has 18 heavy (non-hydrogen) atoms. The Morgan fingerprint density at radius 2 is 1.94 bits per heavy atom. The summed E-state index contributed by atoms with van der Waals surface area (Å²) in [6.07, 6.45) is 3.75. The molecule has 2 rings (SSSR count). The molecule has 5 N–H and O–H groups in total. The number of amides is 1. The molecular formula is C14H21N3O. The predicted octanol–water partition coefficient (Wildman–Crippen LogP) is 2.02. The van der Waals surface area contributed by atoms with Gasteiger partial charge < -0.3 is 16.8 Å². The molecule has 1 saturated carbocycles. The van der Waals surface area contributed by atoms with Crippen LogP contribution in [-0.4, -0.2) is 12.5 Å². The molecule has 1 fully saturated rings. The van der Waals surface area contributed by atoms with Crippen LogP contribution in [-0.2, 0) is 0 Å². The van der Waals surface area contributed by atoms with Crippen molar-refractivity contribution in [2.45, 2.75) is 26.2 Å². The molecule has 1 amide bonds. The third kappa shape index (κ3) is 2.94. The minimum atomic E-state index is -0.0897. The molecule has 0 spiro atoms. The first-order valence-electron chi connectivity index (χ1n) is 6.50. The molecule has 1 aromatic rings. The van der Waals surface area contributed by atoms with E-state index in [9.17, 15) is 4.79 Å². The molecular weight excluding hydrogens is 226 g/mol. The number of anilines is 2. The van der Waals surface area contributed by atoms with Gasteiger partial charge in [0.25, 0.3) is 5.91 Å². The summed E-state index contributed by atoms with van der Waals surface area (Å²) in [6.45, 7) is 3.00. The summed E-state index contributed by atoms with van der Waals surface area (Å²) in [7, 11) is 0. The summed E-state index contributed by atoms with van der Waals surface area (Å²) >= 11 is 0. The number of carbonyl (C=O) groups is 1. The molecule has 4 nitrogen and oxygen atoms in total. The molecule has 98 valence electrons. The van der Waals surface area contributed by atoms with Gasteiger partial charge in [-0.3, -0.25) is 4.79 Å². The van der Waals surface area contributed by atoms with Crippen LogP contribution >= 0.6 is 0 Å². The van der Waals surface area contributed by atoms with E-state index in [1.807, 2.05) is 0 Å². The SMILES string of the molecule is CC1CCCC1CNC(=O)c1cc(N)cc(N)c1. The van der Waals surface area contributed by atoms with Crippen molar-refractivity contribution in [1.82, 2.24) is 5.32 Å². The van der Waals surface area contributed by atoms with Crippen LogP contribution < -0.4 is 16.8 Å². The second-order valence-electron chi connectivity index (χ2n) is 5.27. The molecule has 0 heterocycles. The normalized spacial score (nSPS) is 22.9. The molecule has 2 atom stereocenters. The lowest BCUT2D eigenvalue weighted by molar-refractivity contribution is 0.0944. The van der Waals surface area contributed by atoms with Crippen LogP contribution in [0.2, 0.25) is 0 Å². The highest BCUT2D eigenvalue weighted by molar-refractivity contribution is 5.96. The van der Waals surface area contributed by atoms with E-state index in [1.165, 1.54) is 19.3 Å². The highest BCUT2D eigenvalue weighted by Crippen LogP contribution is 2.30. The second kappa shape index (κ2) is 5.29. The minimum Gasteiger partial charge on any atom is -0.399 e. The van der Waals surface area contributed by atoms with Gasteiger partial charge in [-0.15, -0.1) is 0 Å². The van der Waals surface area contributed by atoms with Crippen LogP contribution in [0, 0.1) is 11.8 Å². The molecule has 1 aliphatic carbocycles. The first kappa shape index (κ1) is 12.7. The Labute approximate surface area is 108 Å². The van der Waals surface area contributed by atoms with E-state index in [0.717, 1.165) is 6.54 Å². The Morgan fingerprint density at radius 3 is 2.50 bits per heavy atom. The maximum Gasteiger partial charge on any atom is 0.251 e. The number of nitrogen functional groups attached to an aromatic ring is 2. The van der Waals surface area contributed by atoms with E-state index < -0.39 is 0 Å². The number of nitrogens with one attached hydrogen (secondary N) is 1.